The summed E-state index contributed by atoms with van der Waals surface area (Å²) in [5, 5.41) is 7.60. The molecule has 0 saturated carbocycles. The van der Waals surface area contributed by atoms with E-state index < -0.39 is 0 Å². The normalized spacial score (nSPS) is 13.1. The Hall–Kier alpha value is -3.70. The van der Waals surface area contributed by atoms with Crippen molar-refractivity contribution in [2.45, 2.75) is 26.2 Å². The van der Waals surface area contributed by atoms with Crippen LogP contribution in [-0.4, -0.2) is 12.0 Å². The number of thiophene rings is 2. The molecule has 0 N–H and O–H groups in total. The van der Waals surface area contributed by atoms with Crippen molar-refractivity contribution in [2.24, 2.45) is 0 Å². The SMILES string of the molecule is CN1[CH-]N(c2[c-]c(Oc3[c-]c4c(-c5cc(C(C)(C)C)ccn5)cc5c6ccsc6ccc5c4s3)ccc2)c2ccccc21.[Pt]. The van der Waals surface area contributed by atoms with E-state index in [0.717, 1.165) is 38.4 Å². The van der Waals surface area contributed by atoms with Gasteiger partial charge in [0.05, 0.1) is 0 Å². The largest absolute Gasteiger partial charge is 0.504 e. The zero-order valence-electron chi connectivity index (χ0n) is 24.6. The average molecular weight is 790 g/mol. The van der Waals surface area contributed by atoms with Gasteiger partial charge in [-0.1, -0.05) is 54.6 Å². The van der Waals surface area contributed by atoms with Gasteiger partial charge in [-0.25, -0.2) is 0 Å². The van der Waals surface area contributed by atoms with Gasteiger partial charge in [0.1, 0.15) is 5.06 Å². The fourth-order valence-corrected chi connectivity index (χ4v) is 7.65. The number of anilines is 3. The molecule has 0 saturated heterocycles. The molecule has 0 aliphatic carbocycles. The summed E-state index contributed by atoms with van der Waals surface area (Å²) in [5.74, 6) is 0.652. The third-order valence-electron chi connectivity index (χ3n) is 8.06. The van der Waals surface area contributed by atoms with E-state index in [9.17, 15) is 0 Å². The summed E-state index contributed by atoms with van der Waals surface area (Å²) in [5.41, 5.74) is 6.49. The number of hydrogen-bond donors (Lipinski definition) is 0. The van der Waals surface area contributed by atoms with Crippen molar-refractivity contribution < 1.29 is 25.8 Å². The second-order valence-electron chi connectivity index (χ2n) is 11.9. The number of nitrogens with zero attached hydrogens (tertiary/aromatic N) is 3. The number of hydrogen-bond acceptors (Lipinski definition) is 6. The van der Waals surface area contributed by atoms with Crippen LogP contribution < -0.4 is 14.5 Å². The van der Waals surface area contributed by atoms with Crippen LogP contribution in [0.3, 0.4) is 0 Å². The number of para-hydroxylation sites is 2. The summed E-state index contributed by atoms with van der Waals surface area (Å²) in [7, 11) is 2.06. The number of aromatic nitrogens is 1. The molecule has 7 aromatic rings. The molecule has 1 aliphatic heterocycles. The van der Waals surface area contributed by atoms with Gasteiger partial charge in [0.25, 0.3) is 0 Å². The van der Waals surface area contributed by atoms with E-state index in [0.29, 0.717) is 10.8 Å². The second kappa shape index (κ2) is 11.0. The molecule has 0 unspecified atom stereocenters. The van der Waals surface area contributed by atoms with Crippen LogP contribution in [0.4, 0.5) is 17.1 Å². The molecular formula is C37H28N3OPtS2-3. The van der Waals surface area contributed by atoms with Gasteiger partial charge in [-0.05, 0) is 70.6 Å². The third-order valence-corrected chi connectivity index (χ3v) is 9.94. The van der Waals surface area contributed by atoms with E-state index in [2.05, 4.69) is 129 Å². The minimum atomic E-state index is 0. The van der Waals surface area contributed by atoms with E-state index >= 15 is 0 Å². The predicted molar refractivity (Wildman–Crippen MR) is 182 cm³/mol. The molecule has 1 aliphatic rings. The van der Waals surface area contributed by atoms with Crippen LogP contribution in [-0.2, 0) is 26.5 Å². The van der Waals surface area contributed by atoms with Crippen molar-refractivity contribution in [3.05, 3.63) is 115 Å². The Balaban J connectivity index is 0.00000312. The van der Waals surface area contributed by atoms with Crippen LogP contribution in [0.15, 0.2) is 90.4 Å². The first-order valence-electron chi connectivity index (χ1n) is 14.3. The monoisotopic (exact) mass is 789 g/mol. The number of rotatable bonds is 4. The summed E-state index contributed by atoms with van der Waals surface area (Å²) in [6, 6.07) is 34.8. The predicted octanol–water partition coefficient (Wildman–Crippen LogP) is 10.7. The fourth-order valence-electron chi connectivity index (χ4n) is 5.83. The quantitative estimate of drug-likeness (QED) is 0.166. The number of benzene rings is 4. The van der Waals surface area contributed by atoms with Crippen molar-refractivity contribution in [3.8, 4) is 22.1 Å². The van der Waals surface area contributed by atoms with Crippen LogP contribution in [0.2, 0.25) is 0 Å². The van der Waals surface area contributed by atoms with Crippen LogP contribution in [0.25, 0.3) is 42.2 Å². The molecule has 7 heteroatoms. The molecule has 0 radical (unpaired) electrons. The van der Waals surface area contributed by atoms with E-state index in [4.69, 9.17) is 9.72 Å². The smallest absolute Gasteiger partial charge is 0.107 e. The molecule has 44 heavy (non-hydrogen) atoms. The standard InChI is InChI=1S/C37H28N3OS2.Pt/c1-37(2,3)23-14-16-38-31(18-23)29-20-28-26-15-17-42-34(26)13-12-27(28)36-30(29)21-35(43-36)41-25-9-7-8-24(19-25)40-22-39(4)32-10-5-6-11-33(32)40;/h5-18,20,22H,1-4H3;/q-3;. The molecule has 0 amide bonds. The molecule has 4 aromatic carbocycles. The van der Waals surface area contributed by atoms with Crippen LogP contribution in [0.5, 0.6) is 10.8 Å². The van der Waals surface area contributed by atoms with Crippen molar-refractivity contribution >= 4 is 70.7 Å². The minimum Gasteiger partial charge on any atom is -0.504 e. The number of fused-ring (bicyclic) bond motifs is 6. The van der Waals surface area contributed by atoms with Gasteiger partial charge in [-0.15, -0.1) is 47.4 Å². The first kappa shape index (κ1) is 29.0. The van der Waals surface area contributed by atoms with Gasteiger partial charge < -0.3 is 14.5 Å². The molecule has 0 atom stereocenters. The fraction of sp³-hybridized carbons (Fsp3) is 0.135. The summed E-state index contributed by atoms with van der Waals surface area (Å²) in [4.78, 5) is 9.11. The van der Waals surface area contributed by atoms with Crippen molar-refractivity contribution in [2.75, 3.05) is 16.8 Å². The first-order chi connectivity index (χ1) is 20.8. The second-order valence-corrected chi connectivity index (χ2v) is 13.8. The van der Waals surface area contributed by atoms with E-state index in [1.54, 1.807) is 22.7 Å². The molecular weight excluding hydrogens is 762 g/mol. The zero-order valence-corrected chi connectivity index (χ0v) is 28.5. The van der Waals surface area contributed by atoms with Gasteiger partial charge in [-0.2, -0.15) is 29.5 Å². The number of pyridine rings is 1. The van der Waals surface area contributed by atoms with Crippen LogP contribution in [0, 0.1) is 18.8 Å². The molecule has 222 valence electrons. The third kappa shape index (κ3) is 4.90. The molecule has 0 spiro atoms. The van der Waals surface area contributed by atoms with E-state index in [1.807, 2.05) is 18.3 Å². The summed E-state index contributed by atoms with van der Waals surface area (Å²) < 4.78 is 8.94. The molecule has 0 fully saturated rings. The van der Waals surface area contributed by atoms with Crippen molar-refractivity contribution in [3.63, 3.8) is 0 Å². The maximum absolute atomic E-state index is 6.50. The van der Waals surface area contributed by atoms with Crippen LogP contribution >= 0.6 is 22.7 Å². The summed E-state index contributed by atoms with van der Waals surface area (Å²) >= 11 is 3.40. The maximum atomic E-state index is 6.50. The Labute approximate surface area is 279 Å². The number of ether oxygens (including phenoxy) is 1. The van der Waals surface area contributed by atoms with Gasteiger partial charge in [0, 0.05) is 54.8 Å². The van der Waals surface area contributed by atoms with E-state index in [-0.39, 0.29) is 26.5 Å². The average Bonchev–Trinajstić information content (AvgIpc) is 3.74. The maximum Gasteiger partial charge on any atom is 0.107 e. The summed E-state index contributed by atoms with van der Waals surface area (Å²) in [6.07, 6.45) is 1.92. The molecule has 0 bridgehead atoms. The topological polar surface area (TPSA) is 28.6 Å². The Kier molecular flexibility index (Phi) is 7.28. The van der Waals surface area contributed by atoms with E-state index in [1.165, 1.54) is 26.4 Å². The first-order valence-corrected chi connectivity index (χ1v) is 15.9. The van der Waals surface area contributed by atoms with Gasteiger partial charge in [-0.3, -0.25) is 4.98 Å². The summed E-state index contributed by atoms with van der Waals surface area (Å²) in [6.45, 7) is 8.79. The molecule has 4 nitrogen and oxygen atoms in total. The van der Waals surface area contributed by atoms with Gasteiger partial charge >= 0.3 is 0 Å². The Morgan fingerprint density at radius 3 is 2.55 bits per heavy atom. The Morgan fingerprint density at radius 1 is 0.864 bits per heavy atom. The van der Waals surface area contributed by atoms with Crippen molar-refractivity contribution in [1.82, 2.24) is 4.98 Å². The molecule has 3 aromatic heterocycles. The van der Waals surface area contributed by atoms with Crippen molar-refractivity contribution in [1.29, 1.82) is 0 Å². The van der Waals surface area contributed by atoms with Gasteiger partial charge in [0.15, 0.2) is 0 Å². The van der Waals surface area contributed by atoms with Gasteiger partial charge in [0.2, 0.25) is 0 Å². The molecule has 8 rings (SSSR count). The zero-order chi connectivity index (χ0) is 29.3. The molecule has 4 heterocycles. The Morgan fingerprint density at radius 2 is 1.70 bits per heavy atom. The Bertz CT molecular complexity index is 2180. The van der Waals surface area contributed by atoms with Crippen LogP contribution in [0.1, 0.15) is 26.3 Å². The minimum absolute atomic E-state index is 0.